The van der Waals surface area contributed by atoms with Crippen LogP contribution in [0.4, 0.5) is 0 Å². The number of ether oxygens (including phenoxy) is 1. The molecule has 6 heteroatoms. The zero-order valence-electron chi connectivity index (χ0n) is 12.0. The molecule has 0 fully saturated rings. The number of aromatic nitrogens is 2. The molecule has 0 aromatic carbocycles. The van der Waals surface area contributed by atoms with Gasteiger partial charge in [-0.25, -0.2) is 4.79 Å². The highest BCUT2D eigenvalue weighted by Gasteiger charge is 2.24. The normalized spacial score (nSPS) is 10.8. The van der Waals surface area contributed by atoms with Crippen LogP contribution in [0.1, 0.15) is 22.5 Å². The molecule has 2 heterocycles. The highest BCUT2D eigenvalue weighted by Crippen LogP contribution is 2.35. The van der Waals surface area contributed by atoms with Crippen LogP contribution in [0.25, 0.3) is 11.3 Å². The third kappa shape index (κ3) is 3.09. The number of halogens is 1. The summed E-state index contributed by atoms with van der Waals surface area (Å²) in [5.41, 5.74) is 2.37. The van der Waals surface area contributed by atoms with E-state index in [1.807, 2.05) is 16.7 Å². The molecule has 0 spiro atoms. The van der Waals surface area contributed by atoms with Crippen LogP contribution in [0, 0.1) is 6.92 Å². The number of hydrogen-bond acceptors (Lipinski definition) is 3. The number of methoxy groups -OCH3 is 1. The summed E-state index contributed by atoms with van der Waals surface area (Å²) in [6.07, 6.45) is 4.10. The lowest BCUT2D eigenvalue weighted by Crippen LogP contribution is -2.06. The second kappa shape index (κ2) is 6.74. The fourth-order valence-corrected chi connectivity index (χ4v) is 2.81. The van der Waals surface area contributed by atoms with E-state index in [1.165, 1.54) is 0 Å². The summed E-state index contributed by atoms with van der Waals surface area (Å²) in [5.74, 6) is -1.02. The van der Waals surface area contributed by atoms with Crippen molar-refractivity contribution in [2.24, 2.45) is 0 Å². The molecule has 0 aliphatic carbocycles. The van der Waals surface area contributed by atoms with Crippen molar-refractivity contribution in [1.82, 2.24) is 9.55 Å². The van der Waals surface area contributed by atoms with Crippen molar-refractivity contribution in [3.63, 3.8) is 0 Å². The Morgan fingerprint density at radius 1 is 1.43 bits per heavy atom. The van der Waals surface area contributed by atoms with Crippen LogP contribution in [0.15, 0.2) is 24.5 Å². The molecule has 0 amide bonds. The molecule has 0 radical (unpaired) electrons. The van der Waals surface area contributed by atoms with Crippen LogP contribution < -0.4 is 0 Å². The molecule has 2 rings (SSSR count). The second-order valence-corrected chi connectivity index (χ2v) is 5.04. The molecule has 0 aliphatic heterocycles. The third-order valence-electron chi connectivity index (χ3n) is 3.36. The Balaban J connectivity index is 2.55. The van der Waals surface area contributed by atoms with E-state index < -0.39 is 5.97 Å². The summed E-state index contributed by atoms with van der Waals surface area (Å²) in [4.78, 5) is 15.4. The molecule has 0 saturated heterocycles. The van der Waals surface area contributed by atoms with E-state index in [0.29, 0.717) is 24.5 Å². The number of rotatable bonds is 6. The number of nitrogens with zero attached hydrogens (tertiary/aromatic N) is 2. The molecular formula is C15H17ClN2O3. The van der Waals surface area contributed by atoms with Crippen molar-refractivity contribution in [3.05, 3.63) is 40.8 Å². The van der Waals surface area contributed by atoms with E-state index in [2.05, 4.69) is 4.98 Å². The van der Waals surface area contributed by atoms with Gasteiger partial charge in [0, 0.05) is 43.9 Å². The zero-order chi connectivity index (χ0) is 15.4. The number of aromatic carboxylic acids is 1. The summed E-state index contributed by atoms with van der Waals surface area (Å²) in [6, 6.07) is 3.64. The molecule has 0 bridgehead atoms. The molecule has 1 N–H and O–H groups in total. The first-order valence-corrected chi connectivity index (χ1v) is 6.97. The molecule has 0 saturated carbocycles. The third-order valence-corrected chi connectivity index (χ3v) is 3.73. The van der Waals surface area contributed by atoms with Gasteiger partial charge in [0.05, 0.1) is 16.3 Å². The molecule has 2 aromatic heterocycles. The minimum absolute atomic E-state index is 0.154. The molecule has 112 valence electrons. The first-order valence-electron chi connectivity index (χ1n) is 6.59. The van der Waals surface area contributed by atoms with E-state index in [0.717, 1.165) is 12.0 Å². The van der Waals surface area contributed by atoms with Gasteiger partial charge in [0.1, 0.15) is 0 Å². The topological polar surface area (TPSA) is 64.3 Å². The van der Waals surface area contributed by atoms with Crippen molar-refractivity contribution in [1.29, 1.82) is 0 Å². The fraction of sp³-hybridized carbons (Fsp3) is 0.333. The molecule has 21 heavy (non-hydrogen) atoms. The second-order valence-electron chi connectivity index (χ2n) is 4.66. The molecule has 0 unspecified atom stereocenters. The van der Waals surface area contributed by atoms with Gasteiger partial charge >= 0.3 is 5.97 Å². The van der Waals surface area contributed by atoms with Gasteiger partial charge in [-0.1, -0.05) is 11.6 Å². The maximum atomic E-state index is 11.4. The maximum absolute atomic E-state index is 11.4. The van der Waals surface area contributed by atoms with Crippen LogP contribution in [0.5, 0.6) is 0 Å². The Kier molecular flexibility index (Phi) is 4.98. The van der Waals surface area contributed by atoms with Gasteiger partial charge in [0.15, 0.2) is 0 Å². The summed E-state index contributed by atoms with van der Waals surface area (Å²) in [7, 11) is 1.64. The van der Waals surface area contributed by atoms with Crippen molar-refractivity contribution in [2.75, 3.05) is 13.7 Å². The van der Waals surface area contributed by atoms with Gasteiger partial charge in [-0.2, -0.15) is 0 Å². The number of pyridine rings is 1. The highest BCUT2D eigenvalue weighted by atomic mass is 35.5. The van der Waals surface area contributed by atoms with Crippen LogP contribution >= 0.6 is 11.6 Å². The molecule has 0 atom stereocenters. The Morgan fingerprint density at radius 3 is 2.67 bits per heavy atom. The minimum Gasteiger partial charge on any atom is -0.478 e. The van der Waals surface area contributed by atoms with E-state index in [9.17, 15) is 9.90 Å². The zero-order valence-corrected chi connectivity index (χ0v) is 12.7. The smallest absolute Gasteiger partial charge is 0.339 e. The summed E-state index contributed by atoms with van der Waals surface area (Å²) in [6.45, 7) is 3.02. The fourth-order valence-electron chi connectivity index (χ4n) is 2.39. The van der Waals surface area contributed by atoms with E-state index in [1.54, 1.807) is 26.4 Å². The van der Waals surface area contributed by atoms with Gasteiger partial charge in [-0.3, -0.25) is 4.98 Å². The highest BCUT2D eigenvalue weighted by molar-refractivity contribution is 6.36. The lowest BCUT2D eigenvalue weighted by molar-refractivity contribution is 0.0696. The van der Waals surface area contributed by atoms with E-state index >= 15 is 0 Å². The number of carboxylic acid groups (broad SMARTS) is 1. The molecule has 2 aromatic rings. The van der Waals surface area contributed by atoms with Crippen molar-refractivity contribution in [3.8, 4) is 11.3 Å². The van der Waals surface area contributed by atoms with Gasteiger partial charge in [-0.15, -0.1) is 0 Å². The number of carbonyl (C=O) groups is 1. The standard InChI is InChI=1S/C15H17ClN2O3/c1-10-12(15(19)20)13(16)14(11-4-6-17-7-5-11)18(10)8-3-9-21-2/h4-7H,3,8-9H2,1-2H3,(H,19,20). The first kappa shape index (κ1) is 15.5. The number of hydrogen-bond donors (Lipinski definition) is 1. The predicted molar refractivity (Wildman–Crippen MR) is 80.9 cm³/mol. The van der Waals surface area contributed by atoms with E-state index in [4.69, 9.17) is 16.3 Å². The Hall–Kier alpha value is -1.85. The van der Waals surface area contributed by atoms with Crippen molar-refractivity contribution < 1.29 is 14.6 Å². The van der Waals surface area contributed by atoms with Crippen LogP contribution in [-0.2, 0) is 11.3 Å². The quantitative estimate of drug-likeness (QED) is 0.832. The molecule has 5 nitrogen and oxygen atoms in total. The van der Waals surface area contributed by atoms with Gasteiger partial charge in [0.2, 0.25) is 0 Å². The molecule has 0 aliphatic rings. The lowest BCUT2D eigenvalue weighted by atomic mass is 10.1. The summed E-state index contributed by atoms with van der Waals surface area (Å²) >= 11 is 6.32. The Morgan fingerprint density at radius 2 is 2.10 bits per heavy atom. The average molecular weight is 309 g/mol. The van der Waals surface area contributed by atoms with Crippen LogP contribution in [0.3, 0.4) is 0 Å². The van der Waals surface area contributed by atoms with Crippen molar-refractivity contribution in [2.45, 2.75) is 19.9 Å². The average Bonchev–Trinajstić information content (AvgIpc) is 2.71. The lowest BCUT2D eigenvalue weighted by Gasteiger charge is -2.11. The van der Waals surface area contributed by atoms with E-state index in [-0.39, 0.29) is 10.6 Å². The van der Waals surface area contributed by atoms with Gasteiger partial charge in [-0.05, 0) is 25.5 Å². The largest absolute Gasteiger partial charge is 0.478 e. The minimum atomic E-state index is -1.02. The summed E-state index contributed by atoms with van der Waals surface area (Å²) < 4.78 is 6.99. The summed E-state index contributed by atoms with van der Waals surface area (Å²) in [5, 5.41) is 9.64. The van der Waals surface area contributed by atoms with Crippen molar-refractivity contribution >= 4 is 17.6 Å². The van der Waals surface area contributed by atoms with Gasteiger partial charge < -0.3 is 14.4 Å². The van der Waals surface area contributed by atoms with Gasteiger partial charge in [0.25, 0.3) is 0 Å². The maximum Gasteiger partial charge on any atom is 0.339 e. The first-order chi connectivity index (χ1) is 10.1. The van der Waals surface area contributed by atoms with Crippen LogP contribution in [-0.4, -0.2) is 34.3 Å². The Labute approximate surface area is 128 Å². The molecular weight excluding hydrogens is 292 g/mol. The SMILES string of the molecule is COCCCn1c(C)c(C(=O)O)c(Cl)c1-c1ccncc1. The number of carboxylic acids is 1. The predicted octanol–water partition coefficient (Wildman–Crippen LogP) is 3.25. The Bertz CT molecular complexity index is 638. The monoisotopic (exact) mass is 308 g/mol. The van der Waals surface area contributed by atoms with Crippen LogP contribution in [0.2, 0.25) is 5.02 Å².